The van der Waals surface area contributed by atoms with E-state index in [1.165, 1.54) is 4.90 Å². The molecule has 1 aliphatic carbocycles. The summed E-state index contributed by atoms with van der Waals surface area (Å²) < 4.78 is 80.3. The van der Waals surface area contributed by atoms with Gasteiger partial charge in [0.1, 0.15) is 11.4 Å². The third-order valence-corrected chi connectivity index (χ3v) is 3.88. The third kappa shape index (κ3) is 2.45. The van der Waals surface area contributed by atoms with Crippen LogP contribution in [0.4, 0.5) is 10.1 Å². The molecule has 2 N–H and O–H groups in total. The molecule has 4 rings (SSSR count). The Morgan fingerprint density at radius 3 is 2.96 bits per heavy atom. The predicted octanol–water partition coefficient (Wildman–Crippen LogP) is 1.58. The number of rotatable bonds is 3. The molecule has 1 saturated heterocycles. The van der Waals surface area contributed by atoms with Gasteiger partial charge in [0.05, 0.1) is 16.7 Å². The Bertz CT molecular complexity index is 1220. The molecule has 6 nitrogen and oxygen atoms in total. The Hall–Kier alpha value is -2.41. The van der Waals surface area contributed by atoms with Gasteiger partial charge < -0.3 is 19.9 Å². The van der Waals surface area contributed by atoms with E-state index in [4.69, 9.17) is 11.0 Å². The molecule has 2 aromatic rings. The summed E-state index contributed by atoms with van der Waals surface area (Å²) in [6.45, 7) is -0.295. The number of carboxylic acid groups (broad SMARTS) is 1. The molecule has 0 amide bonds. The molecule has 0 bridgehead atoms. The van der Waals surface area contributed by atoms with Crippen molar-refractivity contribution in [3.8, 4) is 0 Å². The fraction of sp³-hybridized carbons (Fsp3) is 0.412. The average molecular weight is 339 g/mol. The van der Waals surface area contributed by atoms with Crippen molar-refractivity contribution in [2.45, 2.75) is 18.8 Å². The maximum Gasteiger partial charge on any atom is 0.341 e. The topological polar surface area (TPSA) is 74.6 Å². The summed E-state index contributed by atoms with van der Waals surface area (Å²) in [5.41, 5.74) is -3.41. The van der Waals surface area contributed by atoms with Crippen molar-refractivity contribution in [2.75, 3.05) is 31.1 Å². The molecule has 0 spiro atoms. The zero-order valence-electron chi connectivity index (χ0n) is 20.3. The predicted molar refractivity (Wildman–Crippen MR) is 88.5 cm³/mol. The van der Waals surface area contributed by atoms with Gasteiger partial charge in [-0.25, -0.2) is 9.18 Å². The molecule has 126 valence electrons. The zero-order chi connectivity index (χ0) is 24.0. The third-order valence-electron chi connectivity index (χ3n) is 3.88. The number of carbonyl (C=O) groups is 1. The van der Waals surface area contributed by atoms with E-state index in [2.05, 4.69) is 5.32 Å². The Morgan fingerprint density at radius 1 is 1.50 bits per heavy atom. The second-order valence-electron chi connectivity index (χ2n) is 5.36. The minimum Gasteiger partial charge on any atom is -0.477 e. The molecule has 1 atom stereocenters. The lowest BCUT2D eigenvalue weighted by molar-refractivity contribution is 0.0695. The highest BCUT2D eigenvalue weighted by molar-refractivity contribution is 5.93. The van der Waals surface area contributed by atoms with Crippen molar-refractivity contribution in [1.29, 1.82) is 0 Å². The minimum atomic E-state index is -2.88. The van der Waals surface area contributed by atoms with Gasteiger partial charge in [-0.15, -0.1) is 0 Å². The second-order valence-corrected chi connectivity index (χ2v) is 5.36. The number of fused-ring (bicyclic) bond motifs is 1. The molecule has 2 aliphatic rings. The van der Waals surface area contributed by atoms with Crippen LogP contribution in [0.25, 0.3) is 10.9 Å². The van der Waals surface area contributed by atoms with Crippen molar-refractivity contribution < 1.29 is 25.3 Å². The first-order valence-electron chi connectivity index (χ1n) is 11.3. The maximum absolute atomic E-state index is 15.2. The number of benzene rings is 1. The number of halogens is 1. The van der Waals surface area contributed by atoms with E-state index in [0.29, 0.717) is 11.1 Å². The van der Waals surface area contributed by atoms with Gasteiger partial charge in [-0.05, 0) is 24.9 Å². The van der Waals surface area contributed by atoms with Crippen LogP contribution in [0.1, 0.15) is 40.1 Å². The molecule has 0 radical (unpaired) electrons. The molecule has 1 aliphatic heterocycles. The van der Waals surface area contributed by atoms with Crippen molar-refractivity contribution in [1.82, 2.24) is 9.88 Å². The summed E-state index contributed by atoms with van der Waals surface area (Å²) in [5.74, 6) is -3.12. The van der Waals surface area contributed by atoms with E-state index in [-0.39, 0.29) is 18.8 Å². The van der Waals surface area contributed by atoms with Crippen LogP contribution >= 0.6 is 0 Å². The number of aromatic carboxylic acids is 1. The number of nitrogens with one attached hydrogen (secondary N) is 1. The monoisotopic (exact) mass is 339 g/mol. The largest absolute Gasteiger partial charge is 0.477 e. The first kappa shape index (κ1) is 8.62. The van der Waals surface area contributed by atoms with Crippen LogP contribution in [0.15, 0.2) is 23.1 Å². The number of aromatic nitrogens is 1. The molecular formula is C17H18FN3O3. The van der Waals surface area contributed by atoms with Crippen molar-refractivity contribution in [3.63, 3.8) is 0 Å². The molecule has 2 heterocycles. The van der Waals surface area contributed by atoms with Crippen molar-refractivity contribution in [3.05, 3.63) is 39.9 Å². The van der Waals surface area contributed by atoms with Gasteiger partial charge in [0.15, 0.2) is 0 Å². The molecule has 1 aromatic heterocycles. The molecule has 24 heavy (non-hydrogen) atoms. The summed E-state index contributed by atoms with van der Waals surface area (Å²) in [6, 6.07) is -2.92. The molecule has 1 unspecified atom stereocenters. The Labute approximate surface area is 148 Å². The van der Waals surface area contributed by atoms with Gasteiger partial charge in [-0.2, -0.15) is 0 Å². The van der Waals surface area contributed by atoms with E-state index in [0.717, 1.165) is 6.07 Å². The van der Waals surface area contributed by atoms with E-state index >= 15 is 4.39 Å². The van der Waals surface area contributed by atoms with Crippen molar-refractivity contribution in [2.24, 2.45) is 0 Å². The highest BCUT2D eigenvalue weighted by atomic mass is 19.1. The Balaban J connectivity index is 2.17. The number of anilines is 1. The van der Waals surface area contributed by atoms with Crippen LogP contribution in [0.3, 0.4) is 0 Å². The van der Waals surface area contributed by atoms with Gasteiger partial charge in [0, 0.05) is 49.2 Å². The zero-order valence-corrected chi connectivity index (χ0v) is 12.3. The van der Waals surface area contributed by atoms with E-state index in [1.54, 1.807) is 0 Å². The molecule has 1 aromatic carbocycles. The molecule has 1 saturated carbocycles. The van der Waals surface area contributed by atoms with E-state index in [9.17, 15) is 14.7 Å². The summed E-state index contributed by atoms with van der Waals surface area (Å²) in [5, 5.41) is 11.6. The Kier molecular flexibility index (Phi) is 2.01. The lowest BCUT2D eigenvalue weighted by Gasteiger charge is -2.30. The van der Waals surface area contributed by atoms with Crippen LogP contribution in [-0.4, -0.2) is 41.8 Å². The number of hydrogen-bond donors (Lipinski definition) is 2. The van der Waals surface area contributed by atoms with Crippen LogP contribution in [0.2, 0.25) is 0 Å². The highest BCUT2D eigenvalue weighted by Gasteiger charge is 2.28. The van der Waals surface area contributed by atoms with E-state index in [1.807, 2.05) is 0 Å². The smallest absolute Gasteiger partial charge is 0.341 e. The normalized spacial score (nSPS) is 31.5. The van der Waals surface area contributed by atoms with Gasteiger partial charge in [-0.1, -0.05) is 0 Å². The van der Waals surface area contributed by atoms with Gasteiger partial charge >= 0.3 is 5.97 Å². The Morgan fingerprint density at radius 2 is 2.29 bits per heavy atom. The highest BCUT2D eigenvalue weighted by Crippen LogP contribution is 2.38. The van der Waals surface area contributed by atoms with Gasteiger partial charge in [0.2, 0.25) is 5.43 Å². The fourth-order valence-corrected chi connectivity index (χ4v) is 2.66. The summed E-state index contributed by atoms with van der Waals surface area (Å²) >= 11 is 0. The van der Waals surface area contributed by atoms with Gasteiger partial charge in [0.25, 0.3) is 0 Å². The van der Waals surface area contributed by atoms with E-state index < -0.39 is 71.2 Å². The molecule has 2 fully saturated rings. The lowest BCUT2D eigenvalue weighted by atomic mass is 10.1. The van der Waals surface area contributed by atoms with Crippen LogP contribution < -0.4 is 15.6 Å². The fourth-order valence-electron chi connectivity index (χ4n) is 2.66. The van der Waals surface area contributed by atoms with Crippen LogP contribution in [-0.2, 0) is 0 Å². The van der Waals surface area contributed by atoms with Crippen molar-refractivity contribution >= 4 is 22.6 Å². The summed E-state index contributed by atoms with van der Waals surface area (Å²) in [6.07, 6.45) is -6.89. The van der Waals surface area contributed by atoms with Crippen LogP contribution in [0, 0.1) is 5.82 Å². The summed E-state index contributed by atoms with van der Waals surface area (Å²) in [7, 11) is 0. The number of carboxylic acids is 1. The first-order valence-corrected chi connectivity index (χ1v) is 7.23. The van der Waals surface area contributed by atoms with Crippen LogP contribution in [0.5, 0.6) is 0 Å². The quantitative estimate of drug-likeness (QED) is 0.888. The SMILES string of the molecule is [2H]c1c(F)c(N2CCNCC2[2H])cc2c1c(=O)c(C(=O)O)c([2H])n2C1([2H])C([2H])([2H])C1([2H])[2H]. The first-order chi connectivity index (χ1) is 14.7. The second kappa shape index (κ2) is 5.59. The lowest BCUT2D eigenvalue weighted by Crippen LogP contribution is -2.43. The number of pyridine rings is 1. The number of nitrogens with zero attached hydrogens (tertiary/aromatic N) is 2. The summed E-state index contributed by atoms with van der Waals surface area (Å²) in [4.78, 5) is 25.8. The van der Waals surface area contributed by atoms with Gasteiger partial charge in [-0.3, -0.25) is 4.79 Å². The standard InChI is InChI=1S/C17H18FN3O3/c18-13-7-11-14(8-15(13)20-5-3-19-4-6-20)21(10-1-2-10)9-12(16(11)22)17(23)24/h7-10,19H,1-6H2,(H,23,24)/i1D2,2D2,5D,7D,9D,10D. The molecule has 7 heteroatoms. The average Bonchev–Trinajstić information content (AvgIpc) is 3.01. The minimum absolute atomic E-state index is 0.148. The maximum atomic E-state index is 15.2. The number of piperazine rings is 1. The number of hydrogen-bond acceptors (Lipinski definition) is 4. The molecular weight excluding hydrogens is 313 g/mol.